The van der Waals surface area contributed by atoms with E-state index >= 15 is 0 Å². The normalized spacial score (nSPS) is 12.6. The third-order valence-electron chi connectivity index (χ3n) is 6.32. The fourth-order valence-corrected chi connectivity index (χ4v) is 4.93. The molecule has 0 saturated carbocycles. The number of carbonyl (C=O) groups is 3. The minimum absolute atomic E-state index is 0.303. The molecule has 0 bridgehead atoms. The van der Waals surface area contributed by atoms with Gasteiger partial charge in [-0.3, -0.25) is 9.59 Å². The number of terminal acetylenes is 1. The van der Waals surface area contributed by atoms with Crippen LogP contribution in [0.5, 0.6) is 0 Å². The Morgan fingerprint density at radius 3 is 2.32 bits per heavy atom. The van der Waals surface area contributed by atoms with Crippen LogP contribution in [-0.2, 0) is 14.3 Å². The van der Waals surface area contributed by atoms with Crippen molar-refractivity contribution >= 4 is 46.1 Å². The van der Waals surface area contributed by atoms with Gasteiger partial charge in [-0.2, -0.15) is 11.8 Å². The quantitative estimate of drug-likeness (QED) is 0.260. The number of nitrogens with zero attached hydrogens (tertiary/aromatic N) is 1. The first-order valence-electron chi connectivity index (χ1n) is 13.7. The number of nitrogens with one attached hydrogen (secondary N) is 2. The van der Waals surface area contributed by atoms with E-state index in [1.54, 1.807) is 61.7 Å². The number of carbonyl (C=O) groups excluding carboxylic acids is 3. The number of hydrogen-bond acceptors (Lipinski definition) is 5. The van der Waals surface area contributed by atoms with E-state index in [1.807, 2.05) is 55.6 Å². The van der Waals surface area contributed by atoms with Gasteiger partial charge in [0, 0.05) is 17.8 Å². The molecule has 7 nitrogen and oxygen atoms in total. The average molecular weight is 574 g/mol. The smallest absolute Gasteiger partial charge is 0.408 e. The summed E-state index contributed by atoms with van der Waals surface area (Å²) in [5.74, 6) is 2.51. The molecule has 2 unspecified atom stereocenters. The first kappa shape index (κ1) is 31.6. The van der Waals surface area contributed by atoms with Crippen LogP contribution in [0.25, 0.3) is 10.8 Å². The maximum atomic E-state index is 14.1. The number of fused-ring (bicyclic) bond motifs is 1. The molecule has 0 saturated heterocycles. The topological polar surface area (TPSA) is 87.7 Å². The monoisotopic (exact) mass is 573 g/mol. The predicted molar refractivity (Wildman–Crippen MR) is 168 cm³/mol. The van der Waals surface area contributed by atoms with E-state index in [9.17, 15) is 14.4 Å². The summed E-state index contributed by atoms with van der Waals surface area (Å²) < 4.78 is 5.44. The van der Waals surface area contributed by atoms with E-state index in [0.717, 1.165) is 10.8 Å². The Balaban J connectivity index is 2.00. The van der Waals surface area contributed by atoms with Crippen molar-refractivity contribution < 1.29 is 19.1 Å². The van der Waals surface area contributed by atoms with Gasteiger partial charge in [0.2, 0.25) is 5.91 Å². The lowest BCUT2D eigenvalue weighted by molar-refractivity contribution is -0.140. The van der Waals surface area contributed by atoms with Crippen LogP contribution in [0, 0.1) is 12.3 Å². The standard InChI is InChI=1S/C33H39N3O4S/c1-7-20-36(31(38)28(19-21-41-6)35-32(39)40-33(3,4)5)29(25-15-13-23(8-2)14-16-25)30(37)34-27-18-17-24-11-9-10-12-26(24)22-27/h2,9-18,22,28-29H,7,19-21H2,1,3-6H3,(H,34,37)(H,35,39). The van der Waals surface area contributed by atoms with Crippen molar-refractivity contribution in [1.29, 1.82) is 0 Å². The molecule has 3 rings (SSSR count). The second-order valence-electron chi connectivity index (χ2n) is 10.7. The van der Waals surface area contributed by atoms with Crippen molar-refractivity contribution in [3.8, 4) is 12.3 Å². The fraction of sp³-hybridized carbons (Fsp3) is 0.364. The maximum absolute atomic E-state index is 14.1. The van der Waals surface area contributed by atoms with Crippen LogP contribution in [0.1, 0.15) is 57.7 Å². The van der Waals surface area contributed by atoms with E-state index < -0.39 is 23.8 Å². The van der Waals surface area contributed by atoms with E-state index in [-0.39, 0.29) is 11.8 Å². The predicted octanol–water partition coefficient (Wildman–Crippen LogP) is 6.39. The van der Waals surface area contributed by atoms with Crippen LogP contribution in [0.4, 0.5) is 10.5 Å². The van der Waals surface area contributed by atoms with Crippen molar-refractivity contribution in [2.75, 3.05) is 23.9 Å². The van der Waals surface area contributed by atoms with Gasteiger partial charge in [0.05, 0.1) is 0 Å². The summed E-state index contributed by atoms with van der Waals surface area (Å²) in [6.45, 7) is 7.54. The van der Waals surface area contributed by atoms with E-state index in [2.05, 4.69) is 16.6 Å². The van der Waals surface area contributed by atoms with Crippen molar-refractivity contribution in [1.82, 2.24) is 10.2 Å². The van der Waals surface area contributed by atoms with Gasteiger partial charge in [-0.25, -0.2) is 4.79 Å². The first-order valence-corrected chi connectivity index (χ1v) is 15.1. The zero-order chi connectivity index (χ0) is 30.0. The fourth-order valence-electron chi connectivity index (χ4n) is 4.46. The summed E-state index contributed by atoms with van der Waals surface area (Å²) in [4.78, 5) is 42.4. The Hall–Kier alpha value is -3.96. The molecule has 0 heterocycles. The average Bonchev–Trinajstić information content (AvgIpc) is 2.94. The van der Waals surface area contributed by atoms with E-state index in [1.165, 1.54) is 0 Å². The van der Waals surface area contributed by atoms with Crippen LogP contribution in [0.2, 0.25) is 0 Å². The number of rotatable bonds is 11. The minimum atomic E-state index is -0.960. The lowest BCUT2D eigenvalue weighted by atomic mass is 10.0. The summed E-state index contributed by atoms with van der Waals surface area (Å²) in [7, 11) is 0. The molecule has 3 amide bonds. The van der Waals surface area contributed by atoms with Crippen LogP contribution >= 0.6 is 11.8 Å². The molecule has 41 heavy (non-hydrogen) atoms. The molecule has 0 fully saturated rings. The molecule has 3 aromatic carbocycles. The molecule has 0 aliphatic rings. The Morgan fingerprint density at radius 2 is 1.71 bits per heavy atom. The Bertz CT molecular complexity index is 1390. The van der Waals surface area contributed by atoms with E-state index in [0.29, 0.717) is 42.0 Å². The van der Waals surface area contributed by atoms with Gasteiger partial charge in [-0.1, -0.05) is 55.3 Å². The summed E-state index contributed by atoms with van der Waals surface area (Å²) >= 11 is 1.57. The molecule has 2 atom stereocenters. The van der Waals surface area contributed by atoms with Gasteiger partial charge in [0.25, 0.3) is 5.91 Å². The molecule has 8 heteroatoms. The highest BCUT2D eigenvalue weighted by Crippen LogP contribution is 2.27. The van der Waals surface area contributed by atoms with Gasteiger partial charge in [0.15, 0.2) is 0 Å². The molecular formula is C33H39N3O4S. The molecule has 0 aromatic heterocycles. The number of anilines is 1. The minimum Gasteiger partial charge on any atom is -0.444 e. The molecular weight excluding hydrogens is 534 g/mol. The van der Waals surface area contributed by atoms with Gasteiger partial charge in [0.1, 0.15) is 17.7 Å². The van der Waals surface area contributed by atoms with Gasteiger partial charge in [-0.05, 0) is 86.2 Å². The van der Waals surface area contributed by atoms with Crippen LogP contribution < -0.4 is 10.6 Å². The zero-order valence-corrected chi connectivity index (χ0v) is 25.2. The van der Waals surface area contributed by atoms with Crippen molar-refractivity contribution in [3.05, 3.63) is 77.9 Å². The molecule has 0 spiro atoms. The van der Waals surface area contributed by atoms with Crippen LogP contribution in [0.3, 0.4) is 0 Å². The molecule has 0 aliphatic heterocycles. The third-order valence-corrected chi connectivity index (χ3v) is 6.96. The Morgan fingerprint density at radius 1 is 1.02 bits per heavy atom. The summed E-state index contributed by atoms with van der Waals surface area (Å²) in [6.07, 6.45) is 7.82. The number of ether oxygens (including phenoxy) is 1. The maximum Gasteiger partial charge on any atom is 0.408 e. The number of thioether (sulfide) groups is 1. The van der Waals surface area contributed by atoms with E-state index in [4.69, 9.17) is 11.2 Å². The van der Waals surface area contributed by atoms with Crippen LogP contribution in [-0.4, -0.2) is 53.0 Å². The lowest BCUT2D eigenvalue weighted by Crippen LogP contribution is -2.52. The number of benzene rings is 3. The SMILES string of the molecule is C#Cc1ccc(C(C(=O)Nc2ccc3ccccc3c2)N(CCC)C(=O)C(CCSC)NC(=O)OC(C)(C)C)cc1. The highest BCUT2D eigenvalue weighted by Gasteiger charge is 2.36. The Kier molecular flexibility index (Phi) is 11.2. The highest BCUT2D eigenvalue weighted by atomic mass is 32.2. The Labute approximate surface area is 247 Å². The summed E-state index contributed by atoms with van der Waals surface area (Å²) in [5.41, 5.74) is 1.18. The second kappa shape index (κ2) is 14.6. The highest BCUT2D eigenvalue weighted by molar-refractivity contribution is 7.98. The molecule has 3 aromatic rings. The number of amides is 3. The lowest BCUT2D eigenvalue weighted by Gasteiger charge is -2.34. The largest absolute Gasteiger partial charge is 0.444 e. The second-order valence-corrected chi connectivity index (χ2v) is 11.7. The molecule has 216 valence electrons. The third kappa shape index (κ3) is 9.02. The van der Waals surface area contributed by atoms with Crippen molar-refractivity contribution in [3.63, 3.8) is 0 Å². The molecule has 0 radical (unpaired) electrons. The summed E-state index contributed by atoms with van der Waals surface area (Å²) in [6, 6.07) is 18.8. The summed E-state index contributed by atoms with van der Waals surface area (Å²) in [5, 5.41) is 7.82. The number of alkyl carbamates (subject to hydrolysis) is 1. The van der Waals surface area contributed by atoms with Crippen LogP contribution in [0.15, 0.2) is 66.7 Å². The molecule has 2 N–H and O–H groups in total. The number of hydrogen-bond donors (Lipinski definition) is 2. The van der Waals surface area contributed by atoms with Gasteiger partial charge < -0.3 is 20.3 Å². The van der Waals surface area contributed by atoms with Crippen molar-refractivity contribution in [2.24, 2.45) is 0 Å². The van der Waals surface area contributed by atoms with Gasteiger partial charge >= 0.3 is 6.09 Å². The zero-order valence-electron chi connectivity index (χ0n) is 24.4. The first-order chi connectivity index (χ1) is 19.6. The van der Waals surface area contributed by atoms with Crippen molar-refractivity contribution in [2.45, 2.75) is 58.2 Å². The molecule has 0 aliphatic carbocycles. The van der Waals surface area contributed by atoms with Gasteiger partial charge in [-0.15, -0.1) is 6.42 Å².